The first-order valence-corrected chi connectivity index (χ1v) is 21.6. The molecule has 3 aliphatic heterocycles. The van der Waals surface area contributed by atoms with Gasteiger partial charge in [0.1, 0.15) is 11.2 Å². The minimum Gasteiger partial charge on any atom is -0.444 e. The molecule has 2 amide bonds. The first kappa shape index (κ1) is 45.7. The van der Waals surface area contributed by atoms with E-state index in [1.54, 1.807) is 45.0 Å². The standard InChI is InChI=1S/C24H31NO8S2.C17H24N2O2.CH4/c1-17-6-10-21(11-7-17)34(27,28)31-16-19-14-20(15-25(19)23(26)32-24(3,4)5)33-35(29,30)22-12-8-18(2)9-13-22;1-17(2,3)21-16(20)19-12-14-9-15(19)11-18(14)10-13-7-5-4-6-8-13;/h6-13,19-20H,14-16H2,1-5H3;4-8,14-15H,9-12H2,1-3H3;1H4/t19-,20+;14-,15-;/m10./s1. The zero-order valence-electron chi connectivity index (χ0n) is 33.5. The second kappa shape index (κ2) is 18.3. The minimum atomic E-state index is -4.10. The van der Waals surface area contributed by atoms with Gasteiger partial charge in [0, 0.05) is 31.7 Å². The number of piperazine rings is 1. The highest BCUT2D eigenvalue weighted by Gasteiger charge is 2.46. The van der Waals surface area contributed by atoms with Crippen LogP contribution in [0.15, 0.2) is 88.7 Å². The zero-order chi connectivity index (χ0) is 41.1. The molecular formula is C42H59N3O10S2. The molecule has 0 aromatic heterocycles. The monoisotopic (exact) mass is 829 g/mol. The van der Waals surface area contributed by atoms with E-state index in [1.807, 2.05) is 45.6 Å². The predicted octanol–water partition coefficient (Wildman–Crippen LogP) is 7.31. The van der Waals surface area contributed by atoms with Crippen molar-refractivity contribution in [3.05, 3.63) is 95.6 Å². The molecule has 2 bridgehead atoms. The van der Waals surface area contributed by atoms with Crippen LogP contribution in [-0.2, 0) is 44.6 Å². The summed E-state index contributed by atoms with van der Waals surface area (Å²) in [6.45, 7) is 16.8. The van der Waals surface area contributed by atoms with E-state index in [2.05, 4.69) is 29.2 Å². The molecule has 3 aromatic rings. The third kappa shape index (κ3) is 12.7. The average Bonchev–Trinajstić information content (AvgIpc) is 3.82. The maximum absolute atomic E-state index is 12.8. The van der Waals surface area contributed by atoms with Gasteiger partial charge in [-0.3, -0.25) is 13.3 Å². The van der Waals surface area contributed by atoms with Gasteiger partial charge in [-0.1, -0.05) is 73.2 Å². The molecule has 0 aliphatic carbocycles. The fourth-order valence-electron chi connectivity index (χ4n) is 6.83. The van der Waals surface area contributed by atoms with Gasteiger partial charge in [-0.2, -0.15) is 16.8 Å². The average molecular weight is 830 g/mol. The summed E-state index contributed by atoms with van der Waals surface area (Å²) >= 11 is 0. The SMILES string of the molecule is C.CC(C)(C)OC(=O)N1C[C@@H]2C[C@H]1CN2Cc1ccccc1.Cc1ccc(S(=O)(=O)OC[C@H]2C[C@H](OS(=O)(=O)c3ccc(C)cc3)CN2C(=O)OC(C)(C)C)cc1. The Morgan fingerprint density at radius 1 is 0.649 bits per heavy atom. The Balaban J connectivity index is 0.000000278. The van der Waals surface area contributed by atoms with Crippen LogP contribution in [0.5, 0.6) is 0 Å². The third-order valence-electron chi connectivity index (χ3n) is 9.51. The molecule has 15 heteroatoms. The molecule has 3 heterocycles. The van der Waals surface area contributed by atoms with Crippen LogP contribution in [0.2, 0.25) is 0 Å². The molecule has 3 aromatic carbocycles. The van der Waals surface area contributed by atoms with Crippen molar-refractivity contribution in [3.8, 4) is 0 Å². The summed E-state index contributed by atoms with van der Waals surface area (Å²) in [7, 11) is -8.18. The highest BCUT2D eigenvalue weighted by molar-refractivity contribution is 7.87. The van der Waals surface area contributed by atoms with E-state index in [0.29, 0.717) is 12.1 Å². The van der Waals surface area contributed by atoms with Gasteiger partial charge in [-0.05, 0) is 98.1 Å². The van der Waals surface area contributed by atoms with Gasteiger partial charge < -0.3 is 19.3 Å². The van der Waals surface area contributed by atoms with Crippen LogP contribution < -0.4 is 0 Å². The molecule has 314 valence electrons. The van der Waals surface area contributed by atoms with Gasteiger partial charge in [0.2, 0.25) is 0 Å². The molecule has 0 saturated carbocycles. The smallest absolute Gasteiger partial charge is 0.410 e. The van der Waals surface area contributed by atoms with E-state index in [-0.39, 0.29) is 42.9 Å². The van der Waals surface area contributed by atoms with Crippen LogP contribution in [0, 0.1) is 13.8 Å². The van der Waals surface area contributed by atoms with Crippen molar-refractivity contribution in [2.75, 3.05) is 26.2 Å². The van der Waals surface area contributed by atoms with Gasteiger partial charge in [-0.15, -0.1) is 0 Å². The number of rotatable bonds is 9. The molecule has 0 spiro atoms. The maximum Gasteiger partial charge on any atom is 0.410 e. The maximum atomic E-state index is 12.8. The van der Waals surface area contributed by atoms with E-state index in [9.17, 15) is 26.4 Å². The van der Waals surface area contributed by atoms with Crippen molar-refractivity contribution in [1.82, 2.24) is 14.7 Å². The Hall–Kier alpha value is -4.02. The van der Waals surface area contributed by atoms with Crippen molar-refractivity contribution in [2.24, 2.45) is 0 Å². The molecule has 6 rings (SSSR count). The molecule has 3 fully saturated rings. The van der Waals surface area contributed by atoms with Crippen molar-refractivity contribution >= 4 is 32.4 Å². The second-order valence-electron chi connectivity index (χ2n) is 16.7. The lowest BCUT2D eigenvalue weighted by molar-refractivity contribution is 0.0122. The summed E-state index contributed by atoms with van der Waals surface area (Å²) in [5.41, 5.74) is 1.92. The first-order valence-electron chi connectivity index (χ1n) is 18.8. The quantitative estimate of drug-likeness (QED) is 0.200. The molecule has 4 atom stereocenters. The highest BCUT2D eigenvalue weighted by atomic mass is 32.2. The lowest BCUT2D eigenvalue weighted by Gasteiger charge is -2.35. The van der Waals surface area contributed by atoms with Crippen LogP contribution in [0.3, 0.4) is 0 Å². The molecular weight excluding hydrogens is 771 g/mol. The number of hydrogen-bond donors (Lipinski definition) is 0. The van der Waals surface area contributed by atoms with E-state index in [0.717, 1.165) is 37.2 Å². The molecule has 3 aliphatic rings. The van der Waals surface area contributed by atoms with E-state index < -0.39 is 49.7 Å². The summed E-state index contributed by atoms with van der Waals surface area (Å²) in [4.78, 5) is 30.7. The van der Waals surface area contributed by atoms with Gasteiger partial charge in [-0.25, -0.2) is 9.59 Å². The highest BCUT2D eigenvalue weighted by Crippen LogP contribution is 2.33. The van der Waals surface area contributed by atoms with E-state index in [4.69, 9.17) is 17.8 Å². The fraction of sp³-hybridized carbons (Fsp3) is 0.524. The van der Waals surface area contributed by atoms with Crippen molar-refractivity contribution < 1.29 is 44.3 Å². The Labute approximate surface area is 339 Å². The number of hydrogen-bond acceptors (Lipinski definition) is 11. The molecule has 0 N–H and O–H groups in total. The summed E-state index contributed by atoms with van der Waals surface area (Å²) < 4.78 is 72.4. The van der Waals surface area contributed by atoms with Crippen LogP contribution in [0.4, 0.5) is 9.59 Å². The molecule has 0 radical (unpaired) electrons. The Morgan fingerprint density at radius 2 is 1.16 bits per heavy atom. The number of aryl methyl sites for hydroxylation is 2. The van der Waals surface area contributed by atoms with E-state index in [1.165, 1.54) is 34.7 Å². The Kier molecular flexibility index (Phi) is 14.6. The second-order valence-corrected chi connectivity index (χ2v) is 19.8. The van der Waals surface area contributed by atoms with Crippen molar-refractivity contribution in [1.29, 1.82) is 0 Å². The topological polar surface area (TPSA) is 149 Å². The Morgan fingerprint density at radius 3 is 1.65 bits per heavy atom. The number of carbonyl (C=O) groups excluding carboxylic acids is 2. The first-order chi connectivity index (χ1) is 26.1. The summed E-state index contributed by atoms with van der Waals surface area (Å²) in [6.07, 6.45) is -0.642. The lowest BCUT2D eigenvalue weighted by atomic mass is 10.2. The zero-order valence-corrected chi connectivity index (χ0v) is 35.1. The van der Waals surface area contributed by atoms with Gasteiger partial charge >= 0.3 is 12.2 Å². The largest absolute Gasteiger partial charge is 0.444 e. The fourth-order valence-corrected chi connectivity index (χ4v) is 8.85. The normalized spacial score (nSPS) is 21.1. The van der Waals surface area contributed by atoms with Gasteiger partial charge in [0.15, 0.2) is 0 Å². The number of amides is 2. The Bertz CT molecular complexity index is 2030. The summed E-state index contributed by atoms with van der Waals surface area (Å²) in [6, 6.07) is 22.9. The number of carbonyl (C=O) groups is 2. The number of ether oxygens (including phenoxy) is 2. The predicted molar refractivity (Wildman–Crippen MR) is 218 cm³/mol. The van der Waals surface area contributed by atoms with Crippen molar-refractivity contribution in [2.45, 2.75) is 127 Å². The van der Waals surface area contributed by atoms with Gasteiger partial charge in [0.25, 0.3) is 20.2 Å². The summed E-state index contributed by atoms with van der Waals surface area (Å²) in [5.74, 6) is 0. The lowest BCUT2D eigenvalue weighted by Crippen LogP contribution is -2.49. The number of benzene rings is 3. The molecule has 0 unspecified atom stereocenters. The van der Waals surface area contributed by atoms with Crippen LogP contribution >= 0.6 is 0 Å². The van der Waals surface area contributed by atoms with Crippen LogP contribution in [0.1, 0.15) is 78.5 Å². The molecule has 3 saturated heterocycles. The van der Waals surface area contributed by atoms with E-state index >= 15 is 0 Å². The van der Waals surface area contributed by atoms with Crippen LogP contribution in [0.25, 0.3) is 0 Å². The van der Waals surface area contributed by atoms with Crippen LogP contribution in [-0.4, -0.2) is 105 Å². The minimum absolute atomic E-state index is 0. The number of fused-ring (bicyclic) bond motifs is 2. The molecule has 13 nitrogen and oxygen atoms in total. The summed E-state index contributed by atoms with van der Waals surface area (Å²) in [5, 5.41) is 0. The number of nitrogens with zero attached hydrogens (tertiary/aromatic N) is 3. The third-order valence-corrected chi connectivity index (χ3v) is 12.2. The van der Waals surface area contributed by atoms with Gasteiger partial charge in [0.05, 0.1) is 35.1 Å². The number of likely N-dealkylation sites (tertiary alicyclic amines) is 3. The van der Waals surface area contributed by atoms with Crippen molar-refractivity contribution in [3.63, 3.8) is 0 Å². The molecule has 57 heavy (non-hydrogen) atoms.